The van der Waals surface area contributed by atoms with E-state index in [1.165, 1.54) is 5.56 Å². The van der Waals surface area contributed by atoms with Gasteiger partial charge in [-0.3, -0.25) is 0 Å². The van der Waals surface area contributed by atoms with Gasteiger partial charge in [-0.1, -0.05) is 13.0 Å². The minimum atomic E-state index is -0.732. The normalized spacial score (nSPS) is 27.3. The molecule has 1 saturated heterocycles. The van der Waals surface area contributed by atoms with Gasteiger partial charge in [-0.2, -0.15) is 0 Å². The summed E-state index contributed by atoms with van der Waals surface area (Å²) in [5.74, 6) is 0.0757. The first-order valence-electron chi connectivity index (χ1n) is 6.75. The maximum Gasteiger partial charge on any atom is 0.195 e. The van der Waals surface area contributed by atoms with E-state index < -0.39 is 5.79 Å². The van der Waals surface area contributed by atoms with Crippen molar-refractivity contribution in [2.75, 3.05) is 27.4 Å². The van der Waals surface area contributed by atoms with Gasteiger partial charge in [0.2, 0.25) is 0 Å². The summed E-state index contributed by atoms with van der Waals surface area (Å²) >= 11 is 0. The Morgan fingerprint density at radius 1 is 1.37 bits per heavy atom. The van der Waals surface area contributed by atoms with Crippen LogP contribution in [0, 0.1) is 0 Å². The molecule has 0 amide bonds. The second-order valence-corrected chi connectivity index (χ2v) is 4.94. The molecule has 1 N–H and O–H groups in total. The molecule has 0 unspecified atom stereocenters. The Labute approximate surface area is 115 Å². The Morgan fingerprint density at radius 2 is 2.05 bits per heavy atom. The van der Waals surface area contributed by atoms with E-state index in [2.05, 4.69) is 24.4 Å². The van der Waals surface area contributed by atoms with Gasteiger partial charge in [0.05, 0.1) is 31.9 Å². The molecule has 0 saturated carbocycles. The standard InChI is InChI=1S/C15H23NO3/c1-5-11-6-7-14(17-4)13(8-11)15(2)18-9-12(16-3)10-19-15/h6-8,12,16H,5,9-10H2,1-4H3. The number of likely N-dealkylation sites (N-methyl/N-ethyl adjacent to an activating group) is 1. The van der Waals surface area contributed by atoms with Crippen LogP contribution < -0.4 is 10.1 Å². The highest BCUT2D eigenvalue weighted by Gasteiger charge is 2.36. The van der Waals surface area contributed by atoms with Gasteiger partial charge in [-0.05, 0) is 38.1 Å². The van der Waals surface area contributed by atoms with Crippen LogP contribution in [0.1, 0.15) is 25.0 Å². The second-order valence-electron chi connectivity index (χ2n) is 4.94. The molecule has 1 fully saturated rings. The molecule has 1 heterocycles. The van der Waals surface area contributed by atoms with Crippen LogP contribution in [-0.2, 0) is 21.7 Å². The number of benzene rings is 1. The predicted molar refractivity (Wildman–Crippen MR) is 74.5 cm³/mol. The van der Waals surface area contributed by atoms with E-state index in [0.717, 1.165) is 17.7 Å². The molecule has 19 heavy (non-hydrogen) atoms. The van der Waals surface area contributed by atoms with E-state index in [4.69, 9.17) is 14.2 Å². The lowest BCUT2D eigenvalue weighted by atomic mass is 10.0. The van der Waals surface area contributed by atoms with E-state index in [-0.39, 0.29) is 6.04 Å². The second kappa shape index (κ2) is 5.90. The first-order chi connectivity index (χ1) is 9.12. The van der Waals surface area contributed by atoms with Crippen molar-refractivity contribution in [1.82, 2.24) is 5.32 Å². The Bertz CT molecular complexity index is 425. The highest BCUT2D eigenvalue weighted by Crippen LogP contribution is 2.36. The average molecular weight is 265 g/mol. The van der Waals surface area contributed by atoms with Crippen LogP contribution in [0.5, 0.6) is 5.75 Å². The third-order valence-electron chi connectivity index (χ3n) is 3.69. The smallest absolute Gasteiger partial charge is 0.195 e. The third-order valence-corrected chi connectivity index (χ3v) is 3.69. The SMILES string of the molecule is CCc1ccc(OC)c(C2(C)OCC(NC)CO2)c1. The Hall–Kier alpha value is -1.10. The largest absolute Gasteiger partial charge is 0.496 e. The number of hydrogen-bond acceptors (Lipinski definition) is 4. The predicted octanol–water partition coefficient (Wildman–Crippen LogP) is 2.07. The maximum atomic E-state index is 5.93. The third kappa shape index (κ3) is 2.91. The van der Waals surface area contributed by atoms with Crippen molar-refractivity contribution in [3.8, 4) is 5.75 Å². The summed E-state index contributed by atoms with van der Waals surface area (Å²) in [4.78, 5) is 0. The molecule has 0 bridgehead atoms. The Balaban J connectivity index is 2.29. The van der Waals surface area contributed by atoms with Crippen molar-refractivity contribution in [2.45, 2.75) is 32.1 Å². The summed E-state index contributed by atoms with van der Waals surface area (Å²) in [6.07, 6.45) is 0.978. The van der Waals surface area contributed by atoms with E-state index >= 15 is 0 Å². The topological polar surface area (TPSA) is 39.7 Å². The van der Waals surface area contributed by atoms with Gasteiger partial charge in [0.1, 0.15) is 5.75 Å². The summed E-state index contributed by atoms with van der Waals surface area (Å²) < 4.78 is 17.3. The molecule has 1 aliphatic rings. The Morgan fingerprint density at radius 3 is 2.58 bits per heavy atom. The molecule has 0 spiro atoms. The monoisotopic (exact) mass is 265 g/mol. The number of ether oxygens (including phenoxy) is 3. The average Bonchev–Trinajstić information content (AvgIpc) is 2.47. The zero-order valence-electron chi connectivity index (χ0n) is 12.2. The van der Waals surface area contributed by atoms with Crippen molar-refractivity contribution in [3.63, 3.8) is 0 Å². The number of hydrogen-bond donors (Lipinski definition) is 1. The molecule has 4 nitrogen and oxygen atoms in total. The summed E-state index contributed by atoms with van der Waals surface area (Å²) in [7, 11) is 3.59. The van der Waals surface area contributed by atoms with Crippen molar-refractivity contribution in [3.05, 3.63) is 29.3 Å². The van der Waals surface area contributed by atoms with Crippen LogP contribution in [0.2, 0.25) is 0 Å². The minimum absolute atomic E-state index is 0.244. The van der Waals surface area contributed by atoms with Crippen molar-refractivity contribution < 1.29 is 14.2 Å². The minimum Gasteiger partial charge on any atom is -0.496 e. The fourth-order valence-electron chi connectivity index (χ4n) is 2.26. The fraction of sp³-hybridized carbons (Fsp3) is 0.600. The van der Waals surface area contributed by atoms with Crippen molar-refractivity contribution >= 4 is 0 Å². The molecule has 106 valence electrons. The number of nitrogens with one attached hydrogen (secondary N) is 1. The molecule has 0 atom stereocenters. The number of aryl methyl sites for hydroxylation is 1. The summed E-state index contributed by atoms with van der Waals surface area (Å²) in [5, 5.41) is 3.16. The van der Waals surface area contributed by atoms with Crippen LogP contribution in [0.3, 0.4) is 0 Å². The molecular formula is C15H23NO3. The molecule has 4 heteroatoms. The first-order valence-corrected chi connectivity index (χ1v) is 6.75. The van der Waals surface area contributed by atoms with Gasteiger partial charge in [-0.25, -0.2) is 0 Å². The van der Waals surface area contributed by atoms with Crippen molar-refractivity contribution in [1.29, 1.82) is 0 Å². The Kier molecular flexibility index (Phi) is 4.45. The fourth-order valence-corrected chi connectivity index (χ4v) is 2.26. The van der Waals surface area contributed by atoms with Gasteiger partial charge in [-0.15, -0.1) is 0 Å². The van der Waals surface area contributed by atoms with E-state index in [1.807, 2.05) is 20.0 Å². The molecule has 1 aromatic carbocycles. The van der Waals surface area contributed by atoms with Gasteiger partial charge in [0.25, 0.3) is 0 Å². The molecule has 2 rings (SSSR count). The van der Waals surface area contributed by atoms with Gasteiger partial charge >= 0.3 is 0 Å². The van der Waals surface area contributed by atoms with Crippen LogP contribution in [-0.4, -0.2) is 33.4 Å². The van der Waals surface area contributed by atoms with Crippen LogP contribution in [0.4, 0.5) is 0 Å². The van der Waals surface area contributed by atoms with Gasteiger partial charge in [0, 0.05) is 0 Å². The van der Waals surface area contributed by atoms with Crippen molar-refractivity contribution in [2.24, 2.45) is 0 Å². The lowest BCUT2D eigenvalue weighted by Gasteiger charge is -2.38. The zero-order valence-corrected chi connectivity index (χ0v) is 12.2. The molecule has 0 aromatic heterocycles. The quantitative estimate of drug-likeness (QED) is 0.904. The van der Waals surface area contributed by atoms with Crippen LogP contribution in [0.15, 0.2) is 18.2 Å². The van der Waals surface area contributed by atoms with E-state index in [1.54, 1.807) is 7.11 Å². The molecule has 0 radical (unpaired) electrons. The summed E-state index contributed by atoms with van der Waals surface area (Å²) in [5.41, 5.74) is 2.21. The summed E-state index contributed by atoms with van der Waals surface area (Å²) in [6, 6.07) is 6.41. The summed E-state index contributed by atoms with van der Waals surface area (Å²) in [6.45, 7) is 5.35. The zero-order chi connectivity index (χ0) is 13.9. The lowest BCUT2D eigenvalue weighted by Crippen LogP contribution is -2.47. The highest BCUT2D eigenvalue weighted by atomic mass is 16.7. The van der Waals surface area contributed by atoms with Gasteiger partial charge < -0.3 is 19.5 Å². The number of rotatable bonds is 4. The number of methoxy groups -OCH3 is 1. The first kappa shape index (κ1) is 14.3. The van der Waals surface area contributed by atoms with Crippen LogP contribution in [0.25, 0.3) is 0 Å². The lowest BCUT2D eigenvalue weighted by molar-refractivity contribution is -0.273. The molecule has 1 aromatic rings. The van der Waals surface area contributed by atoms with Gasteiger partial charge in [0.15, 0.2) is 5.79 Å². The van der Waals surface area contributed by atoms with E-state index in [0.29, 0.717) is 13.2 Å². The van der Waals surface area contributed by atoms with Crippen LogP contribution >= 0.6 is 0 Å². The van der Waals surface area contributed by atoms with E-state index in [9.17, 15) is 0 Å². The molecular weight excluding hydrogens is 242 g/mol. The highest BCUT2D eigenvalue weighted by molar-refractivity contribution is 5.40. The maximum absolute atomic E-state index is 5.93. The molecule has 1 aliphatic heterocycles. The molecule has 0 aliphatic carbocycles.